The molecule has 0 bridgehead atoms. The molecule has 25 heavy (non-hydrogen) atoms. The van der Waals surface area contributed by atoms with Gasteiger partial charge in [-0.1, -0.05) is 41.9 Å². The number of alkyl halides is 1. The van der Waals surface area contributed by atoms with E-state index in [0.717, 1.165) is 12.1 Å². The predicted molar refractivity (Wildman–Crippen MR) is 90.4 cm³/mol. The van der Waals surface area contributed by atoms with Gasteiger partial charge in [-0.2, -0.15) is 0 Å². The van der Waals surface area contributed by atoms with Crippen LogP contribution in [0, 0.1) is 10.1 Å². The van der Waals surface area contributed by atoms with E-state index in [1.54, 1.807) is 0 Å². The van der Waals surface area contributed by atoms with Gasteiger partial charge in [0.05, 0.1) is 9.82 Å². The molecular weight excluding hydrogens is 373 g/mol. The summed E-state index contributed by atoms with van der Waals surface area (Å²) in [6.07, 6.45) is -0.453. The summed E-state index contributed by atoms with van der Waals surface area (Å²) in [5.74, 6) is -1.71. The van der Waals surface area contributed by atoms with E-state index in [1.165, 1.54) is 42.5 Å². The highest BCUT2D eigenvalue weighted by molar-refractivity contribution is 7.92. The van der Waals surface area contributed by atoms with Gasteiger partial charge in [0.25, 0.3) is 9.84 Å². The van der Waals surface area contributed by atoms with Gasteiger partial charge < -0.3 is 5.11 Å². The molecule has 0 saturated carbocycles. The van der Waals surface area contributed by atoms with Crippen molar-refractivity contribution in [3.63, 3.8) is 0 Å². The number of halogens is 2. The summed E-state index contributed by atoms with van der Waals surface area (Å²) in [6.45, 7) is -0.628. The molecular formula is C16H15ClFNO5S. The average Bonchev–Trinajstić information content (AvgIpc) is 2.60. The fourth-order valence-corrected chi connectivity index (χ4v) is 4.35. The molecule has 0 unspecified atom stereocenters. The van der Waals surface area contributed by atoms with Crippen LogP contribution in [0.3, 0.4) is 0 Å². The van der Waals surface area contributed by atoms with E-state index in [0.29, 0.717) is 5.02 Å². The van der Waals surface area contributed by atoms with Gasteiger partial charge in [0.15, 0.2) is 0 Å². The van der Waals surface area contributed by atoms with Gasteiger partial charge in [-0.25, -0.2) is 8.42 Å². The van der Waals surface area contributed by atoms with E-state index in [-0.39, 0.29) is 5.56 Å². The van der Waals surface area contributed by atoms with E-state index in [4.69, 9.17) is 11.6 Å². The lowest BCUT2D eigenvalue weighted by Gasteiger charge is -2.26. The summed E-state index contributed by atoms with van der Waals surface area (Å²) < 4.78 is 41.0. The van der Waals surface area contributed by atoms with Gasteiger partial charge >= 0.3 is 5.12 Å². The predicted octanol–water partition coefficient (Wildman–Crippen LogP) is 3.18. The summed E-state index contributed by atoms with van der Waals surface area (Å²) in [7, 11) is -4.99. The summed E-state index contributed by atoms with van der Waals surface area (Å²) in [6, 6.07) is 11.7. The Labute approximate surface area is 148 Å². The number of rotatable bonds is 7. The third-order valence-corrected chi connectivity index (χ3v) is 6.13. The van der Waals surface area contributed by atoms with Crippen LogP contribution in [0.2, 0.25) is 5.02 Å². The first kappa shape index (κ1) is 19.3. The maximum Gasteiger partial charge on any atom is 0.469 e. The quantitative estimate of drug-likeness (QED) is 0.447. The van der Waals surface area contributed by atoms with Gasteiger partial charge in [0, 0.05) is 11.6 Å². The molecule has 2 aromatic rings. The Hall–Kier alpha value is -2.03. The number of aliphatic hydroxyl groups is 1. The fourth-order valence-electron chi connectivity index (χ4n) is 2.55. The number of sulfone groups is 1. The van der Waals surface area contributed by atoms with Crippen molar-refractivity contribution in [2.24, 2.45) is 0 Å². The summed E-state index contributed by atoms with van der Waals surface area (Å²) in [5.41, 5.74) is 0.0529. The van der Waals surface area contributed by atoms with Crippen LogP contribution in [-0.4, -0.2) is 30.2 Å². The van der Waals surface area contributed by atoms with Crippen molar-refractivity contribution >= 4 is 21.4 Å². The molecule has 2 rings (SSSR count). The molecule has 1 N–H and O–H groups in total. The Kier molecular flexibility index (Phi) is 5.76. The van der Waals surface area contributed by atoms with Gasteiger partial charge in [-0.15, -0.1) is 4.39 Å². The van der Waals surface area contributed by atoms with Crippen LogP contribution >= 0.6 is 11.6 Å². The van der Waals surface area contributed by atoms with Crippen LogP contribution in [0.5, 0.6) is 0 Å². The molecule has 0 fully saturated rings. The van der Waals surface area contributed by atoms with E-state index in [2.05, 4.69) is 0 Å². The monoisotopic (exact) mass is 387 g/mol. The maximum absolute atomic E-state index is 15.6. The van der Waals surface area contributed by atoms with E-state index in [1.807, 2.05) is 0 Å². The van der Waals surface area contributed by atoms with Gasteiger partial charge in [-0.05, 0) is 36.2 Å². The lowest BCUT2D eigenvalue weighted by molar-refractivity contribution is -0.579. The smallest absolute Gasteiger partial charge is 0.396 e. The highest BCUT2D eigenvalue weighted by Gasteiger charge is 2.63. The zero-order chi connectivity index (χ0) is 18.7. The lowest BCUT2D eigenvalue weighted by Crippen LogP contribution is -2.47. The van der Waals surface area contributed by atoms with Crippen molar-refractivity contribution in [2.75, 3.05) is 6.61 Å². The second kappa shape index (κ2) is 7.47. The molecule has 9 heteroatoms. The molecule has 0 aliphatic carbocycles. The Bertz CT molecular complexity index is 845. The summed E-state index contributed by atoms with van der Waals surface area (Å²) >= 11 is 5.76. The first-order chi connectivity index (χ1) is 11.7. The van der Waals surface area contributed by atoms with Crippen molar-refractivity contribution in [3.05, 3.63) is 75.3 Å². The number of hydrogen-bond acceptors (Lipinski definition) is 5. The third kappa shape index (κ3) is 3.51. The van der Waals surface area contributed by atoms with Gasteiger partial charge in [0.2, 0.25) is 0 Å². The zero-order valence-corrected chi connectivity index (χ0v) is 14.5. The first-order valence-electron chi connectivity index (χ1n) is 7.24. The highest BCUT2D eigenvalue weighted by atomic mass is 35.5. The van der Waals surface area contributed by atoms with E-state index < -0.39 is 43.7 Å². The van der Waals surface area contributed by atoms with Crippen LogP contribution in [0.15, 0.2) is 59.5 Å². The average molecular weight is 388 g/mol. The molecule has 0 aliphatic heterocycles. The zero-order valence-electron chi connectivity index (χ0n) is 12.9. The molecule has 0 heterocycles. The molecule has 0 aromatic heterocycles. The molecule has 6 nitrogen and oxygen atoms in total. The fraction of sp³-hybridized carbons (Fsp3) is 0.250. The van der Waals surface area contributed by atoms with Crippen molar-refractivity contribution < 1.29 is 22.8 Å². The molecule has 134 valence electrons. The standard InChI is InChI=1S/C16H15ClFNO5S/c17-13-8-6-12(7-9-13)15(10-11-20)16(18,19(21)22)25(23,24)14-4-2-1-3-5-14/h1-9,15,20H,10-11H2/t15-,16+/m0/s1. The number of nitrogens with zero attached hydrogens (tertiary/aromatic N) is 1. The van der Waals surface area contributed by atoms with E-state index in [9.17, 15) is 23.6 Å². The van der Waals surface area contributed by atoms with Crippen LogP contribution in [-0.2, 0) is 9.84 Å². The van der Waals surface area contributed by atoms with Gasteiger partial charge in [-0.3, -0.25) is 10.1 Å². The van der Waals surface area contributed by atoms with Crippen molar-refractivity contribution in [1.29, 1.82) is 0 Å². The van der Waals surface area contributed by atoms with Crippen molar-refractivity contribution in [1.82, 2.24) is 0 Å². The van der Waals surface area contributed by atoms with Gasteiger partial charge in [0.1, 0.15) is 5.92 Å². The lowest BCUT2D eigenvalue weighted by atomic mass is 9.94. The third-order valence-electron chi connectivity index (χ3n) is 3.80. The normalized spacial score (nSPS) is 15.3. The molecule has 0 radical (unpaired) electrons. The molecule has 0 spiro atoms. The molecule has 0 amide bonds. The molecule has 0 saturated heterocycles. The second-order valence-electron chi connectivity index (χ2n) is 5.30. The number of benzene rings is 2. The number of hydrogen-bond donors (Lipinski definition) is 1. The number of nitro groups is 1. The minimum atomic E-state index is -4.99. The van der Waals surface area contributed by atoms with Crippen LogP contribution in [0.1, 0.15) is 17.9 Å². The van der Waals surface area contributed by atoms with Crippen LogP contribution in [0.4, 0.5) is 4.39 Å². The first-order valence-corrected chi connectivity index (χ1v) is 9.10. The van der Waals surface area contributed by atoms with Crippen molar-refractivity contribution in [2.45, 2.75) is 22.4 Å². The topological polar surface area (TPSA) is 97.5 Å². The van der Waals surface area contributed by atoms with Crippen LogP contribution < -0.4 is 0 Å². The SMILES string of the molecule is O=[N+]([O-])[C@](F)([C@@H](CCO)c1ccc(Cl)cc1)S(=O)(=O)c1ccccc1. The minimum absolute atomic E-state index is 0.0529. The van der Waals surface area contributed by atoms with Crippen LogP contribution in [0.25, 0.3) is 0 Å². The summed E-state index contributed by atoms with van der Waals surface area (Å²) in [5, 5.41) is 17.2. The van der Waals surface area contributed by atoms with Crippen molar-refractivity contribution in [3.8, 4) is 0 Å². The Balaban J connectivity index is 2.67. The number of aliphatic hydroxyl groups excluding tert-OH is 1. The Morgan fingerprint density at radius 2 is 1.72 bits per heavy atom. The molecule has 2 atom stereocenters. The molecule has 0 aliphatic rings. The maximum atomic E-state index is 15.6. The highest BCUT2D eigenvalue weighted by Crippen LogP contribution is 2.42. The van der Waals surface area contributed by atoms with E-state index >= 15 is 4.39 Å². The second-order valence-corrected chi connectivity index (χ2v) is 7.79. The minimum Gasteiger partial charge on any atom is -0.396 e. The Morgan fingerprint density at radius 3 is 2.20 bits per heavy atom. The largest absolute Gasteiger partial charge is 0.469 e. The molecule has 2 aromatic carbocycles. The Morgan fingerprint density at radius 1 is 1.16 bits per heavy atom. The summed E-state index contributed by atoms with van der Waals surface area (Å²) in [4.78, 5) is 9.58.